The van der Waals surface area contributed by atoms with Crippen LogP contribution in [0.15, 0.2) is 42.7 Å². The van der Waals surface area contributed by atoms with Crippen molar-refractivity contribution >= 4 is 34.6 Å². The van der Waals surface area contributed by atoms with Crippen molar-refractivity contribution in [3.63, 3.8) is 0 Å². The third-order valence-electron chi connectivity index (χ3n) is 6.64. The first kappa shape index (κ1) is 23.9. The number of aromatic nitrogens is 1. The minimum atomic E-state index is -4.61. The van der Waals surface area contributed by atoms with E-state index >= 15 is 0 Å². The highest BCUT2D eigenvalue weighted by Crippen LogP contribution is 2.48. The molecule has 6 nitrogen and oxygen atoms in total. The van der Waals surface area contributed by atoms with Gasteiger partial charge in [-0.1, -0.05) is 0 Å². The smallest absolute Gasteiger partial charge is 0.417 e. The van der Waals surface area contributed by atoms with Crippen molar-refractivity contribution in [2.45, 2.75) is 49.4 Å². The standard InChI is InChI=1S/C23H21F5N4O2S/c24-22(25)9-15(30-13-22)12-34-18-4-2-16(3-5-18)32-20(35)31(19(33)21(32)6-1-7-21)17-8-14(10-29-11-17)23(26,27)28/h2-5,8,10-11,15,30H,1,6-7,9,12-13H2. The summed E-state index contributed by atoms with van der Waals surface area (Å²) in [6, 6.07) is 7.09. The maximum atomic E-state index is 13.4. The number of thiocarbonyl (C=S) groups is 1. The van der Waals surface area contributed by atoms with Crippen LogP contribution in [0, 0.1) is 0 Å². The Bertz CT molecular complexity index is 1150. The number of ether oxygens (including phenoxy) is 1. The number of carbonyl (C=O) groups is 1. The molecule has 186 valence electrons. The second-order valence-corrected chi connectivity index (χ2v) is 9.38. The topological polar surface area (TPSA) is 57.7 Å². The van der Waals surface area contributed by atoms with Gasteiger partial charge in [-0.05, 0) is 61.8 Å². The summed E-state index contributed by atoms with van der Waals surface area (Å²) in [5, 5.41) is 2.80. The normalized spacial score (nSPS) is 23.2. The molecule has 12 heteroatoms. The van der Waals surface area contributed by atoms with E-state index in [1.54, 1.807) is 29.2 Å². The molecule has 0 bridgehead atoms. The summed E-state index contributed by atoms with van der Waals surface area (Å²) in [6.45, 7) is -0.295. The van der Waals surface area contributed by atoms with Gasteiger partial charge in [0.1, 0.15) is 17.9 Å². The SMILES string of the molecule is O=C1N(c2cncc(C(F)(F)F)c2)C(=S)N(c2ccc(OCC3CC(F)(F)CN3)cc2)C12CCC2. The van der Waals surface area contributed by atoms with Gasteiger partial charge in [0.15, 0.2) is 5.11 Å². The number of nitrogens with one attached hydrogen (secondary N) is 1. The zero-order valence-corrected chi connectivity index (χ0v) is 19.1. The fourth-order valence-corrected chi connectivity index (χ4v) is 5.19. The number of carbonyl (C=O) groups excluding carboxylic acids is 1. The molecule has 1 aliphatic carbocycles. The molecule has 1 saturated carbocycles. The Morgan fingerprint density at radius 3 is 2.43 bits per heavy atom. The number of hydrogen-bond donors (Lipinski definition) is 1. The Morgan fingerprint density at radius 2 is 1.86 bits per heavy atom. The lowest BCUT2D eigenvalue weighted by molar-refractivity contribution is -0.137. The van der Waals surface area contributed by atoms with Crippen molar-refractivity contribution in [3.8, 4) is 5.75 Å². The molecular formula is C23H21F5N4O2S. The van der Waals surface area contributed by atoms with Crippen molar-refractivity contribution in [1.82, 2.24) is 10.3 Å². The molecule has 1 amide bonds. The van der Waals surface area contributed by atoms with E-state index in [1.165, 1.54) is 6.20 Å². The molecule has 1 aromatic heterocycles. The van der Waals surface area contributed by atoms with Gasteiger partial charge in [0.25, 0.3) is 11.8 Å². The van der Waals surface area contributed by atoms with Gasteiger partial charge in [0.2, 0.25) is 0 Å². The summed E-state index contributed by atoms with van der Waals surface area (Å²) in [4.78, 5) is 19.9. The lowest BCUT2D eigenvalue weighted by atomic mass is 9.75. The first-order valence-electron chi connectivity index (χ1n) is 11.1. The largest absolute Gasteiger partial charge is 0.492 e. The third kappa shape index (κ3) is 4.22. The van der Waals surface area contributed by atoms with Crippen LogP contribution in [0.25, 0.3) is 0 Å². The third-order valence-corrected chi connectivity index (χ3v) is 7.01. The molecule has 0 radical (unpaired) electrons. The quantitative estimate of drug-likeness (QED) is 0.469. The highest BCUT2D eigenvalue weighted by molar-refractivity contribution is 7.81. The second-order valence-electron chi connectivity index (χ2n) is 9.02. The molecule has 1 unspecified atom stereocenters. The van der Waals surface area contributed by atoms with Crippen LogP contribution in [-0.4, -0.2) is 46.7 Å². The summed E-state index contributed by atoms with van der Waals surface area (Å²) < 4.78 is 72.0. The zero-order valence-electron chi connectivity index (χ0n) is 18.3. The van der Waals surface area contributed by atoms with Gasteiger partial charge in [-0.2, -0.15) is 13.2 Å². The molecule has 1 atom stereocenters. The van der Waals surface area contributed by atoms with E-state index in [2.05, 4.69) is 10.3 Å². The molecule has 3 aliphatic rings. The molecule has 2 saturated heterocycles. The monoisotopic (exact) mass is 512 g/mol. The Hall–Kier alpha value is -2.86. The number of benzene rings is 1. The number of alkyl halides is 5. The molecule has 1 N–H and O–H groups in total. The number of amides is 1. The Morgan fingerprint density at radius 1 is 1.14 bits per heavy atom. The van der Waals surface area contributed by atoms with Gasteiger partial charge in [-0.15, -0.1) is 0 Å². The minimum Gasteiger partial charge on any atom is -0.492 e. The Balaban J connectivity index is 1.37. The average molecular weight is 513 g/mol. The van der Waals surface area contributed by atoms with Crippen LogP contribution in [0.5, 0.6) is 5.75 Å². The van der Waals surface area contributed by atoms with Crippen molar-refractivity contribution < 1.29 is 31.5 Å². The lowest BCUT2D eigenvalue weighted by Crippen LogP contribution is -2.55. The van der Waals surface area contributed by atoms with E-state index in [9.17, 15) is 26.7 Å². The first-order chi connectivity index (χ1) is 16.5. The molecule has 1 aromatic carbocycles. The van der Waals surface area contributed by atoms with Gasteiger partial charge in [-0.3, -0.25) is 14.7 Å². The van der Waals surface area contributed by atoms with Gasteiger partial charge in [0.05, 0.1) is 24.0 Å². The number of anilines is 2. The molecule has 2 aliphatic heterocycles. The van der Waals surface area contributed by atoms with E-state index in [0.717, 1.165) is 17.4 Å². The number of pyridine rings is 1. The van der Waals surface area contributed by atoms with E-state index in [4.69, 9.17) is 17.0 Å². The lowest BCUT2D eigenvalue weighted by Gasteiger charge is -2.43. The maximum absolute atomic E-state index is 13.4. The molecular weight excluding hydrogens is 491 g/mol. The molecule has 2 aromatic rings. The fourth-order valence-electron chi connectivity index (χ4n) is 4.72. The van der Waals surface area contributed by atoms with Crippen molar-refractivity contribution in [2.24, 2.45) is 0 Å². The fraction of sp³-hybridized carbons (Fsp3) is 0.435. The van der Waals surface area contributed by atoms with Crippen LogP contribution in [-0.2, 0) is 11.0 Å². The van der Waals surface area contributed by atoms with Gasteiger partial charge >= 0.3 is 6.18 Å². The molecule has 1 spiro atoms. The van der Waals surface area contributed by atoms with Gasteiger partial charge < -0.3 is 15.0 Å². The highest BCUT2D eigenvalue weighted by Gasteiger charge is 2.59. The Kier molecular flexibility index (Phi) is 5.71. The number of halogens is 5. The highest BCUT2D eigenvalue weighted by atomic mass is 32.1. The van der Waals surface area contributed by atoms with Crippen LogP contribution >= 0.6 is 12.2 Å². The van der Waals surface area contributed by atoms with E-state index in [-0.39, 0.29) is 36.3 Å². The zero-order chi connectivity index (χ0) is 25.0. The van der Waals surface area contributed by atoms with Crippen molar-refractivity contribution in [2.75, 3.05) is 23.0 Å². The van der Waals surface area contributed by atoms with Crippen LogP contribution in [0.1, 0.15) is 31.2 Å². The maximum Gasteiger partial charge on any atom is 0.417 e. The predicted molar refractivity (Wildman–Crippen MR) is 122 cm³/mol. The second kappa shape index (κ2) is 8.37. The van der Waals surface area contributed by atoms with E-state index in [1.807, 2.05) is 0 Å². The molecule has 5 rings (SSSR count). The predicted octanol–water partition coefficient (Wildman–Crippen LogP) is 4.54. The van der Waals surface area contributed by atoms with Crippen molar-refractivity contribution in [1.29, 1.82) is 0 Å². The van der Waals surface area contributed by atoms with E-state index in [0.29, 0.717) is 30.5 Å². The number of nitrogens with zero attached hydrogens (tertiary/aromatic N) is 3. The minimum absolute atomic E-state index is 0.0376. The summed E-state index contributed by atoms with van der Waals surface area (Å²) in [7, 11) is 0. The van der Waals surface area contributed by atoms with Gasteiger partial charge in [-0.25, -0.2) is 8.78 Å². The Labute approximate surface area is 203 Å². The average Bonchev–Trinajstić information content (AvgIpc) is 3.24. The van der Waals surface area contributed by atoms with Crippen LogP contribution in [0.4, 0.5) is 33.3 Å². The summed E-state index contributed by atoms with van der Waals surface area (Å²) in [5.41, 5.74) is -1.39. The summed E-state index contributed by atoms with van der Waals surface area (Å²) in [6.07, 6.45) is -1.22. The van der Waals surface area contributed by atoms with Crippen LogP contribution in [0.2, 0.25) is 0 Å². The molecule has 3 heterocycles. The van der Waals surface area contributed by atoms with Crippen LogP contribution in [0.3, 0.4) is 0 Å². The van der Waals surface area contributed by atoms with E-state index < -0.39 is 29.2 Å². The van der Waals surface area contributed by atoms with Crippen LogP contribution < -0.4 is 19.9 Å². The number of hydrogen-bond acceptors (Lipinski definition) is 5. The molecule has 35 heavy (non-hydrogen) atoms. The van der Waals surface area contributed by atoms with Gasteiger partial charge in [0, 0.05) is 24.3 Å². The summed E-state index contributed by atoms with van der Waals surface area (Å²) in [5.74, 6) is -2.67. The first-order valence-corrected chi connectivity index (χ1v) is 11.5. The van der Waals surface area contributed by atoms with Crippen molar-refractivity contribution in [3.05, 3.63) is 48.3 Å². The molecule has 3 fully saturated rings. The number of rotatable bonds is 5. The summed E-state index contributed by atoms with van der Waals surface area (Å²) >= 11 is 5.58.